The zero-order valence-corrected chi connectivity index (χ0v) is 37.7. The number of aliphatic hydroxyl groups is 5. The van der Waals surface area contributed by atoms with E-state index in [4.69, 9.17) is 9.47 Å². The number of unbranched alkanes of at least 4 members (excludes halogenated alkanes) is 16. The molecule has 0 aromatic rings. The largest absolute Gasteiger partial charge is 0.394 e. The van der Waals surface area contributed by atoms with Crippen LogP contribution < -0.4 is 5.32 Å². The standard InChI is InChI=1S/C51H87NO8/c1-3-5-7-9-11-13-14-15-16-17-18-19-20-21-22-23-24-25-26-27-28-29-30-31-32-33-35-37-39-41-47(55)52-44(45(54)40-38-36-34-12-10-8-6-4-2)43-59-51-50(58)49(57)48(56)46(42-53)60-51/h5,7,10-13,15-16,18-19,21-22,38,40,44-46,48-51,53-54,56-58H,3-4,6,8-9,14,17,20,23-37,39,41-43H2,1-2H3,(H,52,55)/b7-5-,12-10+,13-11-,16-15-,19-18-,22-21-,40-38+. The van der Waals surface area contributed by atoms with Gasteiger partial charge in [0.25, 0.3) is 0 Å². The summed E-state index contributed by atoms with van der Waals surface area (Å²) in [5.41, 5.74) is 0. The predicted molar refractivity (Wildman–Crippen MR) is 248 cm³/mol. The summed E-state index contributed by atoms with van der Waals surface area (Å²) in [6.07, 6.45) is 49.5. The summed E-state index contributed by atoms with van der Waals surface area (Å²) in [5.74, 6) is -0.196. The lowest BCUT2D eigenvalue weighted by Crippen LogP contribution is -2.60. The summed E-state index contributed by atoms with van der Waals surface area (Å²) in [5, 5.41) is 53.9. The van der Waals surface area contributed by atoms with Gasteiger partial charge in [-0.05, 0) is 70.6 Å². The minimum atomic E-state index is -1.57. The first-order valence-corrected chi connectivity index (χ1v) is 23.8. The highest BCUT2D eigenvalue weighted by Crippen LogP contribution is 2.22. The summed E-state index contributed by atoms with van der Waals surface area (Å²) >= 11 is 0. The van der Waals surface area contributed by atoms with Crippen LogP contribution in [-0.2, 0) is 14.3 Å². The van der Waals surface area contributed by atoms with Gasteiger partial charge in [0.2, 0.25) is 5.91 Å². The first kappa shape index (κ1) is 55.4. The number of nitrogens with one attached hydrogen (secondary N) is 1. The molecule has 9 nitrogen and oxygen atoms in total. The van der Waals surface area contributed by atoms with Crippen LogP contribution in [0.15, 0.2) is 85.1 Å². The van der Waals surface area contributed by atoms with Crippen molar-refractivity contribution >= 4 is 5.91 Å². The molecule has 0 aromatic carbocycles. The van der Waals surface area contributed by atoms with E-state index < -0.39 is 49.5 Å². The third-order valence-electron chi connectivity index (χ3n) is 10.7. The van der Waals surface area contributed by atoms with Gasteiger partial charge in [-0.3, -0.25) is 4.79 Å². The maximum absolute atomic E-state index is 12.9. The van der Waals surface area contributed by atoms with Crippen molar-refractivity contribution in [3.8, 4) is 0 Å². The van der Waals surface area contributed by atoms with E-state index in [-0.39, 0.29) is 12.5 Å². The maximum Gasteiger partial charge on any atom is 0.220 e. The van der Waals surface area contributed by atoms with Crippen molar-refractivity contribution in [2.75, 3.05) is 13.2 Å². The molecule has 0 aliphatic carbocycles. The van der Waals surface area contributed by atoms with Crippen LogP contribution in [0, 0.1) is 0 Å². The van der Waals surface area contributed by atoms with Crippen LogP contribution in [0.4, 0.5) is 0 Å². The van der Waals surface area contributed by atoms with Crippen LogP contribution in [-0.4, -0.2) is 87.5 Å². The second kappa shape index (κ2) is 40.4. The SMILES string of the molecule is CC/C=C\C/C=C\C/C=C\C/C=C\C/C=C\CCCCCCCCCCCCCCCC(=O)NC(COC1OC(CO)C(O)C(O)C1O)C(O)/C=C/CC/C=C/CCCC. The van der Waals surface area contributed by atoms with Gasteiger partial charge in [0.15, 0.2) is 6.29 Å². The number of rotatable bonds is 38. The fourth-order valence-electron chi connectivity index (χ4n) is 6.89. The molecule has 60 heavy (non-hydrogen) atoms. The smallest absolute Gasteiger partial charge is 0.220 e. The van der Waals surface area contributed by atoms with E-state index in [1.54, 1.807) is 6.08 Å². The molecule has 1 amide bonds. The first-order chi connectivity index (χ1) is 29.3. The molecule has 1 saturated heterocycles. The van der Waals surface area contributed by atoms with Crippen LogP contribution in [0.1, 0.15) is 174 Å². The second-order valence-corrected chi connectivity index (χ2v) is 16.2. The van der Waals surface area contributed by atoms with Crippen molar-refractivity contribution in [3.63, 3.8) is 0 Å². The third-order valence-corrected chi connectivity index (χ3v) is 10.7. The van der Waals surface area contributed by atoms with Crippen LogP contribution in [0.2, 0.25) is 0 Å². The minimum absolute atomic E-state index is 0.196. The van der Waals surface area contributed by atoms with Gasteiger partial charge in [0, 0.05) is 6.42 Å². The van der Waals surface area contributed by atoms with E-state index in [9.17, 15) is 30.3 Å². The van der Waals surface area contributed by atoms with E-state index >= 15 is 0 Å². The first-order valence-electron chi connectivity index (χ1n) is 23.8. The van der Waals surface area contributed by atoms with Crippen LogP contribution in [0.3, 0.4) is 0 Å². The van der Waals surface area contributed by atoms with Gasteiger partial charge < -0.3 is 40.3 Å². The Balaban J connectivity index is 2.17. The number of hydrogen-bond donors (Lipinski definition) is 6. The summed E-state index contributed by atoms with van der Waals surface area (Å²) in [7, 11) is 0. The fraction of sp³-hybridized carbons (Fsp3) is 0.706. The lowest BCUT2D eigenvalue weighted by atomic mass is 9.99. The van der Waals surface area contributed by atoms with E-state index in [0.717, 1.165) is 83.5 Å². The van der Waals surface area contributed by atoms with Gasteiger partial charge in [-0.2, -0.15) is 0 Å². The molecule has 1 fully saturated rings. The number of hydrogen-bond acceptors (Lipinski definition) is 8. The lowest BCUT2D eigenvalue weighted by Gasteiger charge is -2.40. The summed E-state index contributed by atoms with van der Waals surface area (Å²) in [6.45, 7) is 3.54. The average molecular weight is 842 g/mol. The van der Waals surface area contributed by atoms with Crippen LogP contribution >= 0.6 is 0 Å². The summed E-state index contributed by atoms with van der Waals surface area (Å²) in [6, 6.07) is -0.823. The Hall–Kier alpha value is -2.63. The Kier molecular flexibility index (Phi) is 37.3. The number of aliphatic hydroxyl groups excluding tert-OH is 5. The van der Waals surface area contributed by atoms with Crippen molar-refractivity contribution in [2.24, 2.45) is 0 Å². The number of allylic oxidation sites excluding steroid dienone is 13. The molecule has 0 aromatic heterocycles. The molecule has 1 heterocycles. The van der Waals surface area contributed by atoms with Crippen molar-refractivity contribution in [2.45, 2.75) is 217 Å². The Labute approximate surface area is 365 Å². The van der Waals surface area contributed by atoms with E-state index in [1.807, 2.05) is 6.08 Å². The zero-order valence-electron chi connectivity index (χ0n) is 37.7. The quantitative estimate of drug-likeness (QED) is 0.0266. The van der Waals surface area contributed by atoms with Crippen LogP contribution in [0.25, 0.3) is 0 Å². The Morgan fingerprint density at radius 1 is 0.583 bits per heavy atom. The average Bonchev–Trinajstić information content (AvgIpc) is 3.25. The van der Waals surface area contributed by atoms with Gasteiger partial charge in [-0.1, -0.05) is 182 Å². The molecule has 1 aliphatic heterocycles. The lowest BCUT2D eigenvalue weighted by molar-refractivity contribution is -0.302. The third kappa shape index (κ3) is 30.4. The zero-order chi connectivity index (χ0) is 43.7. The van der Waals surface area contributed by atoms with Gasteiger partial charge in [-0.15, -0.1) is 0 Å². The van der Waals surface area contributed by atoms with Crippen molar-refractivity contribution in [1.29, 1.82) is 0 Å². The number of ether oxygens (including phenoxy) is 2. The minimum Gasteiger partial charge on any atom is -0.394 e. The molecule has 1 aliphatic rings. The Bertz CT molecular complexity index is 1210. The second-order valence-electron chi connectivity index (χ2n) is 16.2. The molecule has 0 radical (unpaired) electrons. The highest BCUT2D eigenvalue weighted by Gasteiger charge is 2.44. The molecule has 9 heteroatoms. The molecular weight excluding hydrogens is 755 g/mol. The molecule has 6 N–H and O–H groups in total. The van der Waals surface area contributed by atoms with Gasteiger partial charge in [0.05, 0.1) is 25.4 Å². The van der Waals surface area contributed by atoms with E-state index in [0.29, 0.717) is 6.42 Å². The van der Waals surface area contributed by atoms with Gasteiger partial charge in [-0.25, -0.2) is 0 Å². The maximum atomic E-state index is 12.9. The molecule has 1 rings (SSSR count). The normalized spacial score (nSPS) is 21.4. The predicted octanol–water partition coefficient (Wildman–Crippen LogP) is 10.3. The van der Waals surface area contributed by atoms with E-state index in [1.165, 1.54) is 70.6 Å². The van der Waals surface area contributed by atoms with Crippen molar-refractivity contribution in [1.82, 2.24) is 5.32 Å². The molecule has 344 valence electrons. The molecule has 0 spiro atoms. The molecular formula is C51H87NO8. The molecule has 0 bridgehead atoms. The van der Waals surface area contributed by atoms with Crippen molar-refractivity contribution in [3.05, 3.63) is 85.1 Å². The van der Waals surface area contributed by atoms with Crippen LogP contribution in [0.5, 0.6) is 0 Å². The topological polar surface area (TPSA) is 149 Å². The van der Waals surface area contributed by atoms with E-state index in [2.05, 4.69) is 92.1 Å². The monoisotopic (exact) mass is 842 g/mol. The Morgan fingerprint density at radius 2 is 1.05 bits per heavy atom. The molecule has 7 atom stereocenters. The van der Waals surface area contributed by atoms with Gasteiger partial charge >= 0.3 is 0 Å². The number of carbonyl (C=O) groups is 1. The number of amides is 1. The summed E-state index contributed by atoms with van der Waals surface area (Å²) in [4.78, 5) is 12.9. The fourth-order valence-corrected chi connectivity index (χ4v) is 6.89. The summed E-state index contributed by atoms with van der Waals surface area (Å²) < 4.78 is 11.1. The number of carbonyl (C=O) groups excluding carboxylic acids is 1. The molecule has 0 saturated carbocycles. The van der Waals surface area contributed by atoms with Crippen molar-refractivity contribution < 1.29 is 39.8 Å². The molecule has 7 unspecified atom stereocenters. The highest BCUT2D eigenvalue weighted by molar-refractivity contribution is 5.76. The Morgan fingerprint density at radius 3 is 1.60 bits per heavy atom. The highest BCUT2D eigenvalue weighted by atomic mass is 16.7. The van der Waals surface area contributed by atoms with Gasteiger partial charge in [0.1, 0.15) is 24.4 Å².